The Morgan fingerprint density at radius 1 is 1.25 bits per heavy atom. The Morgan fingerprint density at radius 2 is 1.95 bits per heavy atom. The maximum absolute atomic E-state index is 12.2. The van der Waals surface area contributed by atoms with Crippen LogP contribution in [0.1, 0.15) is 39.0 Å². The lowest BCUT2D eigenvalue weighted by molar-refractivity contribution is -0.122. The first kappa shape index (κ1) is 15.8. The highest BCUT2D eigenvalue weighted by atomic mass is 79.9. The van der Waals surface area contributed by atoms with Gasteiger partial charge in [-0.1, -0.05) is 35.2 Å². The molecule has 20 heavy (non-hydrogen) atoms. The Bertz CT molecular complexity index is 473. The van der Waals surface area contributed by atoms with E-state index in [-0.39, 0.29) is 11.9 Å². The minimum Gasteiger partial charge on any atom is -0.373 e. The summed E-state index contributed by atoms with van der Waals surface area (Å²) in [5.74, 6) is 0.0729. The van der Waals surface area contributed by atoms with Crippen LogP contribution < -0.4 is 10.6 Å². The summed E-state index contributed by atoms with van der Waals surface area (Å²) in [6, 6.07) is 5.99. The molecule has 1 amide bonds. The standard InChI is InChI=1S/C15H20Br2N2O/c1-10(15(20)19-12-5-3-2-4-6-12)18-14-9-11(16)7-8-13(14)17/h7-10,12,18H,2-6H2,1H3,(H,19,20). The van der Waals surface area contributed by atoms with Crippen LogP contribution in [0.2, 0.25) is 0 Å². The highest BCUT2D eigenvalue weighted by Crippen LogP contribution is 2.26. The number of anilines is 1. The number of carbonyl (C=O) groups excluding carboxylic acids is 1. The van der Waals surface area contributed by atoms with Crippen molar-refractivity contribution in [2.75, 3.05) is 5.32 Å². The van der Waals surface area contributed by atoms with Gasteiger partial charge in [0.1, 0.15) is 6.04 Å². The van der Waals surface area contributed by atoms with Crippen molar-refractivity contribution in [1.82, 2.24) is 5.32 Å². The van der Waals surface area contributed by atoms with Crippen LogP contribution in [0, 0.1) is 0 Å². The largest absolute Gasteiger partial charge is 0.373 e. The fraction of sp³-hybridized carbons (Fsp3) is 0.533. The Kier molecular flexibility index (Phi) is 5.90. The number of carbonyl (C=O) groups is 1. The summed E-state index contributed by atoms with van der Waals surface area (Å²) in [5, 5.41) is 6.40. The SMILES string of the molecule is CC(Nc1cc(Br)ccc1Br)C(=O)NC1CCCCC1. The van der Waals surface area contributed by atoms with Crippen molar-refractivity contribution in [3.63, 3.8) is 0 Å². The molecule has 0 aromatic heterocycles. The van der Waals surface area contributed by atoms with Crippen molar-refractivity contribution in [3.8, 4) is 0 Å². The van der Waals surface area contributed by atoms with Gasteiger partial charge in [0, 0.05) is 15.0 Å². The number of benzene rings is 1. The summed E-state index contributed by atoms with van der Waals surface area (Å²) in [4.78, 5) is 12.2. The summed E-state index contributed by atoms with van der Waals surface area (Å²) in [7, 11) is 0. The molecular formula is C15H20Br2N2O. The molecule has 110 valence electrons. The maximum atomic E-state index is 12.2. The molecule has 0 heterocycles. The second-order valence-electron chi connectivity index (χ2n) is 5.33. The fourth-order valence-electron chi connectivity index (χ4n) is 2.48. The quantitative estimate of drug-likeness (QED) is 0.778. The molecule has 1 aliphatic carbocycles. The van der Waals surface area contributed by atoms with Gasteiger partial charge < -0.3 is 10.6 Å². The van der Waals surface area contributed by atoms with E-state index in [0.717, 1.165) is 27.5 Å². The number of amides is 1. The highest BCUT2D eigenvalue weighted by molar-refractivity contribution is 9.11. The normalized spacial score (nSPS) is 17.6. The fourth-order valence-corrected chi connectivity index (χ4v) is 3.20. The zero-order chi connectivity index (χ0) is 14.5. The minimum atomic E-state index is -0.248. The van der Waals surface area contributed by atoms with E-state index in [1.54, 1.807) is 0 Å². The summed E-state index contributed by atoms with van der Waals surface area (Å²) in [6.07, 6.45) is 5.97. The first-order chi connectivity index (χ1) is 9.56. The first-order valence-electron chi connectivity index (χ1n) is 7.08. The van der Waals surface area contributed by atoms with E-state index in [1.807, 2.05) is 25.1 Å². The lowest BCUT2D eigenvalue weighted by Gasteiger charge is -2.25. The van der Waals surface area contributed by atoms with E-state index in [9.17, 15) is 4.79 Å². The lowest BCUT2D eigenvalue weighted by atomic mass is 9.95. The summed E-state index contributed by atoms with van der Waals surface area (Å²) in [6.45, 7) is 1.89. The first-order valence-corrected chi connectivity index (χ1v) is 8.67. The van der Waals surface area contributed by atoms with E-state index in [2.05, 4.69) is 42.5 Å². The molecule has 3 nitrogen and oxygen atoms in total. The molecule has 0 spiro atoms. The second kappa shape index (κ2) is 7.46. The third kappa shape index (κ3) is 4.48. The van der Waals surface area contributed by atoms with Crippen LogP contribution in [-0.4, -0.2) is 18.0 Å². The molecule has 2 rings (SSSR count). The Labute approximate surface area is 137 Å². The van der Waals surface area contributed by atoms with Crippen molar-refractivity contribution in [2.24, 2.45) is 0 Å². The van der Waals surface area contributed by atoms with E-state index in [0.29, 0.717) is 6.04 Å². The van der Waals surface area contributed by atoms with Crippen molar-refractivity contribution in [1.29, 1.82) is 0 Å². The van der Waals surface area contributed by atoms with E-state index >= 15 is 0 Å². The molecular weight excluding hydrogens is 384 g/mol. The third-order valence-corrected chi connectivity index (χ3v) is 4.83. The van der Waals surface area contributed by atoms with Crippen LogP contribution in [0.5, 0.6) is 0 Å². The van der Waals surface area contributed by atoms with Gasteiger partial charge in [0.2, 0.25) is 5.91 Å². The molecule has 1 atom stereocenters. The van der Waals surface area contributed by atoms with Gasteiger partial charge in [-0.15, -0.1) is 0 Å². The predicted octanol–water partition coefficient (Wildman–Crippen LogP) is 4.46. The van der Waals surface area contributed by atoms with Gasteiger partial charge in [-0.25, -0.2) is 0 Å². The van der Waals surface area contributed by atoms with Gasteiger partial charge in [0.25, 0.3) is 0 Å². The van der Waals surface area contributed by atoms with Crippen molar-refractivity contribution < 1.29 is 4.79 Å². The molecule has 0 radical (unpaired) electrons. The average molecular weight is 404 g/mol. The number of halogens is 2. The molecule has 1 fully saturated rings. The van der Waals surface area contributed by atoms with Crippen LogP contribution in [0.25, 0.3) is 0 Å². The molecule has 0 saturated heterocycles. The second-order valence-corrected chi connectivity index (χ2v) is 7.10. The molecule has 1 saturated carbocycles. The number of rotatable bonds is 4. The molecule has 0 aliphatic heterocycles. The van der Waals surface area contributed by atoms with E-state index in [4.69, 9.17) is 0 Å². The van der Waals surface area contributed by atoms with E-state index < -0.39 is 0 Å². The van der Waals surface area contributed by atoms with Crippen molar-refractivity contribution in [2.45, 2.75) is 51.1 Å². The summed E-state index contributed by atoms with van der Waals surface area (Å²) >= 11 is 6.93. The molecule has 5 heteroatoms. The highest BCUT2D eigenvalue weighted by Gasteiger charge is 2.19. The third-order valence-electron chi connectivity index (χ3n) is 3.65. The van der Waals surface area contributed by atoms with Gasteiger partial charge >= 0.3 is 0 Å². The zero-order valence-electron chi connectivity index (χ0n) is 11.6. The Hall–Kier alpha value is -0.550. The smallest absolute Gasteiger partial charge is 0.242 e. The van der Waals surface area contributed by atoms with Gasteiger partial charge in [-0.2, -0.15) is 0 Å². The van der Waals surface area contributed by atoms with Crippen LogP contribution in [0.4, 0.5) is 5.69 Å². The van der Waals surface area contributed by atoms with Crippen LogP contribution in [0.15, 0.2) is 27.1 Å². The van der Waals surface area contributed by atoms with Crippen LogP contribution >= 0.6 is 31.9 Å². The van der Waals surface area contributed by atoms with Gasteiger partial charge in [-0.3, -0.25) is 4.79 Å². The summed E-state index contributed by atoms with van der Waals surface area (Å²) in [5.41, 5.74) is 0.922. The van der Waals surface area contributed by atoms with Crippen molar-refractivity contribution >= 4 is 43.5 Å². The topological polar surface area (TPSA) is 41.1 Å². The molecule has 1 unspecified atom stereocenters. The Balaban J connectivity index is 1.91. The zero-order valence-corrected chi connectivity index (χ0v) is 14.8. The average Bonchev–Trinajstić information content (AvgIpc) is 2.44. The Morgan fingerprint density at radius 3 is 2.65 bits per heavy atom. The number of hydrogen-bond donors (Lipinski definition) is 2. The van der Waals surface area contributed by atoms with Gasteiger partial charge in [0.15, 0.2) is 0 Å². The number of hydrogen-bond acceptors (Lipinski definition) is 2. The molecule has 1 aromatic rings. The van der Waals surface area contributed by atoms with Crippen LogP contribution in [-0.2, 0) is 4.79 Å². The van der Waals surface area contributed by atoms with Gasteiger partial charge in [0.05, 0.1) is 5.69 Å². The van der Waals surface area contributed by atoms with Gasteiger partial charge in [-0.05, 0) is 53.9 Å². The van der Waals surface area contributed by atoms with Crippen LogP contribution in [0.3, 0.4) is 0 Å². The maximum Gasteiger partial charge on any atom is 0.242 e. The lowest BCUT2D eigenvalue weighted by Crippen LogP contribution is -2.44. The molecule has 0 bridgehead atoms. The minimum absolute atomic E-state index is 0.0729. The monoisotopic (exact) mass is 402 g/mol. The molecule has 1 aromatic carbocycles. The summed E-state index contributed by atoms with van der Waals surface area (Å²) < 4.78 is 1.95. The van der Waals surface area contributed by atoms with E-state index in [1.165, 1.54) is 19.3 Å². The molecule has 2 N–H and O–H groups in total. The van der Waals surface area contributed by atoms with Crippen molar-refractivity contribution in [3.05, 3.63) is 27.1 Å². The molecule has 1 aliphatic rings. The predicted molar refractivity (Wildman–Crippen MR) is 89.9 cm³/mol. The number of nitrogens with one attached hydrogen (secondary N) is 2.